The second kappa shape index (κ2) is 11.9. The molecule has 0 unspecified atom stereocenters. The zero-order valence-corrected chi connectivity index (χ0v) is 20.2. The number of aromatic nitrogens is 6. The molecule has 14 heteroatoms. The summed E-state index contributed by atoms with van der Waals surface area (Å²) in [5, 5.41) is 22.7. The molecule has 0 saturated carbocycles. The molecule has 0 aliphatic rings. The smallest absolute Gasteiger partial charge is 0.350 e. The minimum atomic E-state index is -0.833. The normalized spacial score (nSPS) is 11.0. The van der Waals surface area contributed by atoms with Crippen LogP contribution in [0.2, 0.25) is 0 Å². The first kappa shape index (κ1) is 26.3. The highest BCUT2D eigenvalue weighted by Crippen LogP contribution is 2.29. The Morgan fingerprint density at radius 1 is 1.14 bits per heavy atom. The number of benzene rings is 1. The van der Waals surface area contributed by atoms with Crippen LogP contribution in [0.25, 0.3) is 5.95 Å². The number of ether oxygens (including phenoxy) is 2. The zero-order chi connectivity index (χ0) is 26.9. The van der Waals surface area contributed by atoms with E-state index in [-0.39, 0.29) is 11.8 Å². The van der Waals surface area contributed by atoms with Crippen LogP contribution in [0.3, 0.4) is 0 Å². The first-order valence-electron chi connectivity index (χ1n) is 10.7. The van der Waals surface area contributed by atoms with Crippen molar-refractivity contribution in [3.05, 3.63) is 82.3 Å². The van der Waals surface area contributed by atoms with Gasteiger partial charge in [-0.25, -0.2) is 14.8 Å². The van der Waals surface area contributed by atoms with E-state index in [1.807, 2.05) is 0 Å². The van der Waals surface area contributed by atoms with Crippen LogP contribution in [0.4, 0.5) is 5.69 Å². The number of nitrogens with two attached hydrogens (primary N) is 1. The summed E-state index contributed by atoms with van der Waals surface area (Å²) in [6.07, 6.45) is 3.04. The maximum absolute atomic E-state index is 12.6. The fraction of sp³-hybridized carbons (Fsp3) is 0.174. The lowest BCUT2D eigenvalue weighted by Gasteiger charge is -2.19. The summed E-state index contributed by atoms with van der Waals surface area (Å²) in [6, 6.07) is 11.4. The number of methoxy groups -OCH3 is 2. The molecule has 14 nitrogen and oxygen atoms in total. The molecule has 0 aliphatic carbocycles. The summed E-state index contributed by atoms with van der Waals surface area (Å²) in [5.41, 5.74) is 7.01. The molecule has 37 heavy (non-hydrogen) atoms. The second-order valence-corrected chi connectivity index (χ2v) is 7.35. The van der Waals surface area contributed by atoms with Gasteiger partial charge in [-0.3, -0.25) is 15.2 Å². The number of hydrogen-bond acceptors (Lipinski definition) is 10. The number of aromatic amines is 1. The van der Waals surface area contributed by atoms with Gasteiger partial charge in [0.05, 0.1) is 14.2 Å². The quantitative estimate of drug-likeness (QED) is 0.170. The number of aliphatic carboxylic acids is 1. The van der Waals surface area contributed by atoms with Crippen LogP contribution in [-0.2, 0) is 4.79 Å². The van der Waals surface area contributed by atoms with E-state index in [2.05, 4.69) is 30.4 Å². The largest absolute Gasteiger partial charge is 0.481 e. The number of nitrogen functional groups attached to an aromatic ring is 1. The van der Waals surface area contributed by atoms with Crippen molar-refractivity contribution < 1.29 is 19.4 Å². The van der Waals surface area contributed by atoms with Crippen LogP contribution in [-0.4, -0.2) is 60.8 Å². The highest BCUT2D eigenvalue weighted by molar-refractivity contribution is 5.95. The lowest BCUT2D eigenvalue weighted by atomic mass is 10.1. The number of carboxylic acid groups (broad SMARTS) is 1. The predicted octanol–water partition coefficient (Wildman–Crippen LogP) is 1.34. The first-order chi connectivity index (χ1) is 17.7. The van der Waals surface area contributed by atoms with Crippen LogP contribution < -0.4 is 26.2 Å². The van der Waals surface area contributed by atoms with Crippen molar-refractivity contribution in [3.63, 3.8) is 0 Å². The lowest BCUT2D eigenvalue weighted by Crippen LogP contribution is -2.18. The highest BCUT2D eigenvalue weighted by atomic mass is 16.5. The summed E-state index contributed by atoms with van der Waals surface area (Å²) < 4.78 is 11.7. The van der Waals surface area contributed by atoms with Gasteiger partial charge in [0.2, 0.25) is 11.8 Å². The number of carbonyl (C=O) groups is 1. The fourth-order valence-electron chi connectivity index (χ4n) is 3.10. The Morgan fingerprint density at radius 2 is 1.70 bits per heavy atom. The number of hydrogen-bond donors (Lipinski definition) is 5. The van der Waals surface area contributed by atoms with Crippen LogP contribution in [0.15, 0.2) is 59.7 Å². The van der Waals surface area contributed by atoms with E-state index < -0.39 is 17.7 Å². The number of nitrogens with zero attached hydrogens (tertiary/aromatic N) is 5. The van der Waals surface area contributed by atoms with E-state index in [0.717, 1.165) is 11.6 Å². The third-order valence-corrected chi connectivity index (χ3v) is 4.71. The minimum Gasteiger partial charge on any atom is -0.481 e. The standard InChI is InChI=1S/C21H21N9O3.C2H4O2/c1-32-15-10-13(11-16(27-15)33-2)17(26-14-6-4-12(5-7-14)18(22)23)19-28-21(31)30(29-19)20-24-8-3-9-25-20;1-2(3)4/h3-11,17,26H,1-2H3,(H3,22,23)(H,28,29,31);1H3,(H,3,4)/t17-;/m0./s1. The minimum absolute atomic E-state index is 0.0346. The Kier molecular flexibility index (Phi) is 8.49. The Bertz CT molecular complexity index is 1390. The Hall–Kier alpha value is -5.27. The molecule has 6 N–H and O–H groups in total. The number of anilines is 1. The molecule has 192 valence electrons. The van der Waals surface area contributed by atoms with Crippen LogP contribution in [0.5, 0.6) is 11.8 Å². The number of rotatable bonds is 8. The average Bonchev–Trinajstić information content (AvgIpc) is 3.28. The third kappa shape index (κ3) is 6.88. The summed E-state index contributed by atoms with van der Waals surface area (Å²) in [6.45, 7) is 1.08. The Labute approximate surface area is 210 Å². The lowest BCUT2D eigenvalue weighted by molar-refractivity contribution is -0.134. The van der Waals surface area contributed by atoms with Gasteiger partial charge in [-0.05, 0) is 35.9 Å². The number of amidine groups is 1. The topological polar surface area (TPSA) is 207 Å². The maximum atomic E-state index is 12.6. The van der Waals surface area contributed by atoms with Gasteiger partial charge >= 0.3 is 5.69 Å². The molecule has 0 saturated heterocycles. The van der Waals surface area contributed by atoms with Gasteiger partial charge in [-0.1, -0.05) is 0 Å². The zero-order valence-electron chi connectivity index (χ0n) is 20.2. The Balaban J connectivity index is 0.000000886. The molecule has 1 aromatic carbocycles. The molecule has 4 aromatic rings. The first-order valence-corrected chi connectivity index (χ1v) is 10.7. The van der Waals surface area contributed by atoms with Crippen molar-refractivity contribution in [1.82, 2.24) is 29.7 Å². The number of carboxylic acids is 1. The maximum Gasteiger partial charge on any atom is 0.350 e. The summed E-state index contributed by atoms with van der Waals surface area (Å²) in [5.74, 6) is 0.234. The van der Waals surface area contributed by atoms with Crippen LogP contribution >= 0.6 is 0 Å². The molecule has 4 rings (SSSR count). The van der Waals surface area contributed by atoms with E-state index in [0.29, 0.717) is 34.4 Å². The van der Waals surface area contributed by atoms with Crippen molar-refractivity contribution in [2.45, 2.75) is 13.0 Å². The second-order valence-electron chi connectivity index (χ2n) is 7.35. The van der Waals surface area contributed by atoms with Crippen LogP contribution in [0, 0.1) is 5.41 Å². The molecule has 3 heterocycles. The molecule has 0 amide bonds. The molecule has 0 bridgehead atoms. The van der Waals surface area contributed by atoms with Gasteiger partial charge in [-0.15, -0.1) is 9.78 Å². The van der Waals surface area contributed by atoms with Gasteiger partial charge in [-0.2, -0.15) is 4.98 Å². The molecule has 0 spiro atoms. The predicted molar refractivity (Wildman–Crippen MR) is 133 cm³/mol. The van der Waals surface area contributed by atoms with Crippen molar-refractivity contribution in [2.75, 3.05) is 19.5 Å². The highest BCUT2D eigenvalue weighted by Gasteiger charge is 2.23. The van der Waals surface area contributed by atoms with Gasteiger partial charge in [0.25, 0.3) is 11.9 Å². The number of nitrogens with one attached hydrogen (secondary N) is 3. The van der Waals surface area contributed by atoms with Crippen molar-refractivity contribution in [2.24, 2.45) is 5.73 Å². The molecule has 0 aliphatic heterocycles. The van der Waals surface area contributed by atoms with Crippen molar-refractivity contribution in [3.8, 4) is 17.7 Å². The van der Waals surface area contributed by atoms with E-state index in [9.17, 15) is 4.79 Å². The van der Waals surface area contributed by atoms with E-state index in [1.54, 1.807) is 42.5 Å². The molecular weight excluding hydrogens is 482 g/mol. The SMILES string of the molecule is CC(=O)O.COc1cc([C@H](Nc2ccc(C(=N)N)cc2)c2nn(-c3ncccn3)c(=O)[nH]2)cc(OC)n1. The van der Waals surface area contributed by atoms with Gasteiger partial charge < -0.3 is 25.6 Å². The molecular formula is C23H25N9O5. The molecule has 1 atom stereocenters. The number of H-pyrrole nitrogens is 1. The average molecular weight is 508 g/mol. The summed E-state index contributed by atoms with van der Waals surface area (Å²) >= 11 is 0. The molecule has 3 aromatic heterocycles. The fourth-order valence-corrected chi connectivity index (χ4v) is 3.10. The van der Waals surface area contributed by atoms with E-state index in [1.165, 1.54) is 26.6 Å². The van der Waals surface area contributed by atoms with Crippen molar-refractivity contribution in [1.29, 1.82) is 5.41 Å². The molecule has 0 fully saturated rings. The third-order valence-electron chi connectivity index (χ3n) is 4.71. The van der Waals surface area contributed by atoms with Gasteiger partial charge in [0, 0.05) is 42.7 Å². The molecule has 0 radical (unpaired) electrons. The number of pyridine rings is 1. The van der Waals surface area contributed by atoms with Crippen LogP contribution in [0.1, 0.15) is 29.9 Å². The summed E-state index contributed by atoms with van der Waals surface area (Å²) in [4.78, 5) is 36.8. The van der Waals surface area contributed by atoms with Crippen molar-refractivity contribution >= 4 is 17.5 Å². The monoisotopic (exact) mass is 507 g/mol. The van der Waals surface area contributed by atoms with Gasteiger partial charge in [0.15, 0.2) is 5.82 Å². The Morgan fingerprint density at radius 3 is 2.22 bits per heavy atom. The van der Waals surface area contributed by atoms with Gasteiger partial charge in [0.1, 0.15) is 11.9 Å². The van der Waals surface area contributed by atoms with E-state index in [4.69, 9.17) is 30.5 Å². The summed E-state index contributed by atoms with van der Waals surface area (Å²) in [7, 11) is 3.00. The van der Waals surface area contributed by atoms with E-state index >= 15 is 0 Å².